The van der Waals surface area contributed by atoms with Crippen molar-refractivity contribution in [2.75, 3.05) is 0 Å². The Bertz CT molecular complexity index is 701. The third kappa shape index (κ3) is 1.80. The average molecular weight is 257 g/mol. The molecule has 0 aliphatic carbocycles. The predicted molar refractivity (Wildman–Crippen MR) is 76.6 cm³/mol. The number of hydrogen-bond acceptors (Lipinski definition) is 1. The summed E-state index contributed by atoms with van der Waals surface area (Å²) in [6.45, 7) is 0.508. The molecule has 3 heteroatoms. The Morgan fingerprint density at radius 2 is 1.89 bits per heavy atom. The third-order valence-electron chi connectivity index (χ3n) is 3.15. The molecule has 18 heavy (non-hydrogen) atoms. The molecular weight excluding hydrogens is 244 g/mol. The SMILES string of the molecule is NCc1ccc(-c2c[nH]c3ccccc23)c(Cl)c1. The number of nitrogens with two attached hydrogens (primary N) is 1. The van der Waals surface area contributed by atoms with Crippen LogP contribution in [-0.4, -0.2) is 4.98 Å². The molecule has 3 rings (SSSR count). The fraction of sp³-hybridized carbons (Fsp3) is 0.0667. The van der Waals surface area contributed by atoms with Crippen LogP contribution >= 0.6 is 11.6 Å². The molecule has 90 valence electrons. The Hall–Kier alpha value is -1.77. The quantitative estimate of drug-likeness (QED) is 0.716. The van der Waals surface area contributed by atoms with Gasteiger partial charge in [0.25, 0.3) is 0 Å². The molecule has 0 spiro atoms. The molecule has 0 aliphatic heterocycles. The average Bonchev–Trinajstić information content (AvgIpc) is 2.82. The maximum Gasteiger partial charge on any atom is 0.0488 e. The molecule has 0 aliphatic rings. The number of aromatic amines is 1. The van der Waals surface area contributed by atoms with Crippen molar-refractivity contribution in [1.82, 2.24) is 4.98 Å². The van der Waals surface area contributed by atoms with Crippen LogP contribution in [0.4, 0.5) is 0 Å². The van der Waals surface area contributed by atoms with Crippen LogP contribution in [0, 0.1) is 0 Å². The first kappa shape index (κ1) is 11.3. The molecular formula is C15H13ClN2. The Morgan fingerprint density at radius 1 is 1.06 bits per heavy atom. The molecule has 0 saturated heterocycles. The summed E-state index contributed by atoms with van der Waals surface area (Å²) in [5, 5.41) is 1.92. The van der Waals surface area contributed by atoms with Gasteiger partial charge in [0.05, 0.1) is 0 Å². The summed E-state index contributed by atoms with van der Waals surface area (Å²) in [4.78, 5) is 3.26. The van der Waals surface area contributed by atoms with Crippen molar-refractivity contribution in [1.29, 1.82) is 0 Å². The van der Waals surface area contributed by atoms with E-state index in [2.05, 4.69) is 17.1 Å². The number of H-pyrrole nitrogens is 1. The lowest BCUT2D eigenvalue weighted by atomic mass is 10.0. The van der Waals surface area contributed by atoms with Crippen molar-refractivity contribution >= 4 is 22.5 Å². The number of halogens is 1. The first-order chi connectivity index (χ1) is 8.79. The van der Waals surface area contributed by atoms with Gasteiger partial charge < -0.3 is 10.7 Å². The third-order valence-corrected chi connectivity index (χ3v) is 3.46. The van der Waals surface area contributed by atoms with Gasteiger partial charge in [-0.1, -0.05) is 41.9 Å². The van der Waals surface area contributed by atoms with Crippen LogP contribution in [0.2, 0.25) is 5.02 Å². The maximum absolute atomic E-state index is 6.33. The standard InChI is InChI=1S/C15H13ClN2/c16-14-7-10(8-17)5-6-11(14)13-9-18-15-4-2-1-3-12(13)15/h1-7,9,18H,8,17H2. The van der Waals surface area contributed by atoms with Gasteiger partial charge in [0.2, 0.25) is 0 Å². The van der Waals surface area contributed by atoms with Gasteiger partial charge in [0.1, 0.15) is 0 Å². The van der Waals surface area contributed by atoms with Gasteiger partial charge in [-0.05, 0) is 17.7 Å². The van der Waals surface area contributed by atoms with E-state index >= 15 is 0 Å². The summed E-state index contributed by atoms with van der Waals surface area (Å²) in [5.41, 5.74) is 9.93. The van der Waals surface area contributed by atoms with Crippen molar-refractivity contribution < 1.29 is 0 Å². The number of hydrogen-bond donors (Lipinski definition) is 2. The lowest BCUT2D eigenvalue weighted by molar-refractivity contribution is 1.07. The highest BCUT2D eigenvalue weighted by molar-refractivity contribution is 6.33. The van der Waals surface area contributed by atoms with E-state index < -0.39 is 0 Å². The largest absolute Gasteiger partial charge is 0.361 e. The molecule has 3 N–H and O–H groups in total. The molecule has 0 saturated carbocycles. The van der Waals surface area contributed by atoms with Gasteiger partial charge in [-0.25, -0.2) is 0 Å². The second-order valence-corrected chi connectivity index (χ2v) is 4.67. The van der Waals surface area contributed by atoms with E-state index in [0.29, 0.717) is 6.54 Å². The first-order valence-corrected chi connectivity index (χ1v) is 6.22. The van der Waals surface area contributed by atoms with Crippen LogP contribution in [0.3, 0.4) is 0 Å². The number of fused-ring (bicyclic) bond motifs is 1. The van der Waals surface area contributed by atoms with E-state index in [1.165, 1.54) is 5.39 Å². The lowest BCUT2D eigenvalue weighted by Gasteiger charge is -2.05. The Labute approximate surface area is 110 Å². The minimum Gasteiger partial charge on any atom is -0.361 e. The molecule has 1 aromatic heterocycles. The summed E-state index contributed by atoms with van der Waals surface area (Å²) in [7, 11) is 0. The molecule has 1 heterocycles. The monoisotopic (exact) mass is 256 g/mol. The second-order valence-electron chi connectivity index (χ2n) is 4.27. The maximum atomic E-state index is 6.33. The Kier molecular flexibility index (Phi) is 2.82. The van der Waals surface area contributed by atoms with Crippen LogP contribution in [-0.2, 0) is 6.54 Å². The van der Waals surface area contributed by atoms with Gasteiger partial charge in [-0.3, -0.25) is 0 Å². The van der Waals surface area contributed by atoms with E-state index in [1.54, 1.807) is 0 Å². The van der Waals surface area contributed by atoms with Gasteiger partial charge in [-0.2, -0.15) is 0 Å². The smallest absolute Gasteiger partial charge is 0.0488 e. The highest BCUT2D eigenvalue weighted by atomic mass is 35.5. The van der Waals surface area contributed by atoms with Gasteiger partial charge in [0.15, 0.2) is 0 Å². The van der Waals surface area contributed by atoms with E-state index in [9.17, 15) is 0 Å². The summed E-state index contributed by atoms with van der Waals surface area (Å²) in [6.07, 6.45) is 1.99. The number of nitrogens with one attached hydrogen (secondary N) is 1. The molecule has 2 aromatic carbocycles. The molecule has 0 atom stereocenters. The van der Waals surface area contributed by atoms with Crippen LogP contribution in [0.1, 0.15) is 5.56 Å². The summed E-state index contributed by atoms with van der Waals surface area (Å²) < 4.78 is 0. The minimum atomic E-state index is 0.508. The number of aromatic nitrogens is 1. The zero-order valence-electron chi connectivity index (χ0n) is 9.78. The zero-order chi connectivity index (χ0) is 12.5. The Morgan fingerprint density at radius 3 is 2.67 bits per heavy atom. The molecule has 0 amide bonds. The van der Waals surface area contributed by atoms with Crippen molar-refractivity contribution in [3.05, 3.63) is 59.2 Å². The topological polar surface area (TPSA) is 41.8 Å². The van der Waals surface area contributed by atoms with E-state index in [0.717, 1.165) is 27.2 Å². The van der Waals surface area contributed by atoms with Crippen molar-refractivity contribution in [2.45, 2.75) is 6.54 Å². The second kappa shape index (κ2) is 4.48. The van der Waals surface area contributed by atoms with E-state index in [4.69, 9.17) is 17.3 Å². The normalized spacial score (nSPS) is 11.0. The van der Waals surface area contributed by atoms with Crippen molar-refractivity contribution in [2.24, 2.45) is 5.73 Å². The summed E-state index contributed by atoms with van der Waals surface area (Å²) in [6, 6.07) is 14.2. The fourth-order valence-electron chi connectivity index (χ4n) is 2.20. The fourth-order valence-corrected chi connectivity index (χ4v) is 2.50. The highest BCUT2D eigenvalue weighted by Crippen LogP contribution is 2.33. The Balaban J connectivity index is 2.20. The minimum absolute atomic E-state index is 0.508. The molecule has 0 bridgehead atoms. The van der Waals surface area contributed by atoms with Gasteiger partial charge in [-0.15, -0.1) is 0 Å². The van der Waals surface area contributed by atoms with Crippen molar-refractivity contribution in [3.8, 4) is 11.1 Å². The molecule has 0 radical (unpaired) electrons. The lowest BCUT2D eigenvalue weighted by Crippen LogP contribution is -1.95. The highest BCUT2D eigenvalue weighted by Gasteiger charge is 2.09. The summed E-state index contributed by atoms with van der Waals surface area (Å²) in [5.74, 6) is 0. The number of benzene rings is 2. The summed E-state index contributed by atoms with van der Waals surface area (Å²) >= 11 is 6.33. The zero-order valence-corrected chi connectivity index (χ0v) is 10.5. The molecule has 2 nitrogen and oxygen atoms in total. The van der Waals surface area contributed by atoms with Crippen LogP contribution in [0.25, 0.3) is 22.0 Å². The van der Waals surface area contributed by atoms with Crippen LogP contribution in [0.15, 0.2) is 48.7 Å². The van der Waals surface area contributed by atoms with E-state index in [1.807, 2.05) is 36.5 Å². The first-order valence-electron chi connectivity index (χ1n) is 5.84. The predicted octanol–water partition coefficient (Wildman–Crippen LogP) is 3.95. The van der Waals surface area contributed by atoms with Gasteiger partial charge in [0, 0.05) is 39.8 Å². The molecule has 0 fully saturated rings. The number of para-hydroxylation sites is 1. The number of rotatable bonds is 2. The molecule has 3 aromatic rings. The van der Waals surface area contributed by atoms with Gasteiger partial charge >= 0.3 is 0 Å². The van der Waals surface area contributed by atoms with E-state index in [-0.39, 0.29) is 0 Å². The molecule has 0 unspecified atom stereocenters. The van der Waals surface area contributed by atoms with Crippen molar-refractivity contribution in [3.63, 3.8) is 0 Å². The van der Waals surface area contributed by atoms with Crippen LogP contribution < -0.4 is 5.73 Å². The van der Waals surface area contributed by atoms with Crippen LogP contribution in [0.5, 0.6) is 0 Å².